The van der Waals surface area contributed by atoms with Crippen LogP contribution in [0.4, 0.5) is 11.4 Å². The number of para-hydroxylation sites is 1. The van der Waals surface area contributed by atoms with Gasteiger partial charge in [-0.1, -0.05) is 23.7 Å². The summed E-state index contributed by atoms with van der Waals surface area (Å²) in [6.45, 7) is 1.95. The third kappa shape index (κ3) is 5.48. The van der Waals surface area contributed by atoms with Crippen LogP contribution < -0.4 is 9.62 Å². The maximum atomic E-state index is 12.9. The molecule has 1 heterocycles. The van der Waals surface area contributed by atoms with Crippen molar-refractivity contribution in [3.05, 3.63) is 88.9 Å². The van der Waals surface area contributed by atoms with Gasteiger partial charge in [0.25, 0.3) is 21.8 Å². The van der Waals surface area contributed by atoms with Gasteiger partial charge in [-0.3, -0.25) is 13.9 Å². The van der Waals surface area contributed by atoms with Crippen molar-refractivity contribution in [1.82, 2.24) is 4.90 Å². The zero-order chi connectivity index (χ0) is 25.0. The molecule has 10 heteroatoms. The van der Waals surface area contributed by atoms with Crippen LogP contribution in [0.3, 0.4) is 0 Å². The van der Waals surface area contributed by atoms with Crippen LogP contribution >= 0.6 is 11.6 Å². The SMILES string of the molecule is CN(c1ccc(C(=O)Nc2ccccc2C(=O)N2CCOCC2)cc1)S(=O)(=O)c1ccc(Cl)cc1. The van der Waals surface area contributed by atoms with Gasteiger partial charge < -0.3 is 15.0 Å². The summed E-state index contributed by atoms with van der Waals surface area (Å²) in [5.41, 5.74) is 1.51. The van der Waals surface area contributed by atoms with Crippen LogP contribution in [0.1, 0.15) is 20.7 Å². The van der Waals surface area contributed by atoms with Crippen molar-refractivity contribution in [3.63, 3.8) is 0 Å². The van der Waals surface area contributed by atoms with Gasteiger partial charge in [-0.25, -0.2) is 8.42 Å². The van der Waals surface area contributed by atoms with E-state index in [2.05, 4.69) is 5.32 Å². The van der Waals surface area contributed by atoms with E-state index in [9.17, 15) is 18.0 Å². The molecular weight excluding hydrogens is 490 g/mol. The van der Waals surface area contributed by atoms with E-state index < -0.39 is 15.9 Å². The Morgan fingerprint density at radius 1 is 0.943 bits per heavy atom. The molecular formula is C25H24ClN3O5S. The zero-order valence-electron chi connectivity index (χ0n) is 19.0. The van der Waals surface area contributed by atoms with E-state index in [1.165, 1.54) is 43.4 Å². The molecule has 2 amide bonds. The fraction of sp³-hybridized carbons (Fsp3) is 0.200. The molecule has 1 fully saturated rings. The molecule has 3 aromatic carbocycles. The predicted molar refractivity (Wildman–Crippen MR) is 135 cm³/mol. The minimum absolute atomic E-state index is 0.104. The van der Waals surface area contributed by atoms with Crippen LogP contribution in [-0.4, -0.2) is 58.5 Å². The van der Waals surface area contributed by atoms with Gasteiger partial charge in [0.2, 0.25) is 0 Å². The molecule has 0 saturated carbocycles. The monoisotopic (exact) mass is 513 g/mol. The first-order valence-corrected chi connectivity index (χ1v) is 12.7. The van der Waals surface area contributed by atoms with Gasteiger partial charge in [0.1, 0.15) is 0 Å². The third-order valence-electron chi connectivity index (χ3n) is 5.67. The summed E-state index contributed by atoms with van der Waals surface area (Å²) < 4.78 is 32.2. The summed E-state index contributed by atoms with van der Waals surface area (Å²) in [6.07, 6.45) is 0. The molecule has 8 nitrogen and oxygen atoms in total. The summed E-state index contributed by atoms with van der Waals surface area (Å²) >= 11 is 5.86. The van der Waals surface area contributed by atoms with E-state index in [1.54, 1.807) is 41.3 Å². The molecule has 4 rings (SSSR count). The number of hydrogen-bond donors (Lipinski definition) is 1. The minimum Gasteiger partial charge on any atom is -0.378 e. The Morgan fingerprint density at radius 2 is 1.57 bits per heavy atom. The van der Waals surface area contributed by atoms with E-state index in [1.807, 2.05) is 0 Å². The number of ether oxygens (including phenoxy) is 1. The second kappa shape index (κ2) is 10.5. The van der Waals surface area contributed by atoms with Crippen molar-refractivity contribution in [3.8, 4) is 0 Å². The van der Waals surface area contributed by atoms with Gasteiger partial charge in [0, 0.05) is 30.7 Å². The Bertz CT molecular complexity index is 1320. The first-order chi connectivity index (χ1) is 16.8. The van der Waals surface area contributed by atoms with Crippen molar-refractivity contribution in [2.24, 2.45) is 0 Å². The highest BCUT2D eigenvalue weighted by Gasteiger charge is 2.23. The molecule has 182 valence electrons. The molecule has 35 heavy (non-hydrogen) atoms. The van der Waals surface area contributed by atoms with Crippen molar-refractivity contribution in [1.29, 1.82) is 0 Å². The molecule has 1 saturated heterocycles. The molecule has 1 aliphatic rings. The van der Waals surface area contributed by atoms with E-state index in [0.717, 1.165) is 4.31 Å². The topological polar surface area (TPSA) is 96.0 Å². The van der Waals surface area contributed by atoms with Gasteiger partial charge in [0.05, 0.1) is 35.0 Å². The van der Waals surface area contributed by atoms with Crippen LogP contribution in [0.25, 0.3) is 0 Å². The van der Waals surface area contributed by atoms with Gasteiger partial charge in [-0.2, -0.15) is 0 Å². The predicted octanol–water partition coefficient (Wildman–Crippen LogP) is 3.89. The highest BCUT2D eigenvalue weighted by Crippen LogP contribution is 2.24. The number of nitrogens with zero attached hydrogens (tertiary/aromatic N) is 2. The van der Waals surface area contributed by atoms with Gasteiger partial charge in [0.15, 0.2) is 0 Å². The molecule has 0 aliphatic carbocycles. The standard InChI is InChI=1S/C25H24ClN3O5S/c1-28(35(32,33)21-12-8-19(26)9-13-21)20-10-6-18(7-11-20)24(30)27-23-5-3-2-4-22(23)25(31)29-14-16-34-17-15-29/h2-13H,14-17H2,1H3,(H,27,30). The molecule has 0 unspecified atom stereocenters. The number of halogens is 1. The number of nitrogens with one attached hydrogen (secondary N) is 1. The average molecular weight is 514 g/mol. The van der Waals surface area contributed by atoms with E-state index in [0.29, 0.717) is 53.8 Å². The van der Waals surface area contributed by atoms with Gasteiger partial charge in [-0.05, 0) is 60.7 Å². The second-order valence-electron chi connectivity index (χ2n) is 7.88. The first-order valence-electron chi connectivity index (χ1n) is 10.9. The quantitative estimate of drug-likeness (QED) is 0.539. The lowest BCUT2D eigenvalue weighted by Gasteiger charge is -2.27. The third-order valence-corrected chi connectivity index (χ3v) is 7.72. The number of benzene rings is 3. The normalized spacial score (nSPS) is 13.8. The largest absolute Gasteiger partial charge is 0.378 e. The number of rotatable bonds is 6. The molecule has 0 aromatic heterocycles. The maximum absolute atomic E-state index is 12.9. The molecule has 0 atom stereocenters. The van der Waals surface area contributed by atoms with Crippen LogP contribution in [0.15, 0.2) is 77.7 Å². The molecule has 1 N–H and O–H groups in total. The zero-order valence-corrected chi connectivity index (χ0v) is 20.6. The molecule has 0 bridgehead atoms. The Morgan fingerprint density at radius 3 is 2.23 bits per heavy atom. The smallest absolute Gasteiger partial charge is 0.264 e. The number of hydrogen-bond acceptors (Lipinski definition) is 5. The number of amides is 2. The lowest BCUT2D eigenvalue weighted by atomic mass is 10.1. The molecule has 0 radical (unpaired) electrons. The fourth-order valence-corrected chi connectivity index (χ4v) is 4.96. The van der Waals surface area contributed by atoms with Crippen LogP contribution in [0, 0.1) is 0 Å². The minimum atomic E-state index is -3.79. The molecule has 1 aliphatic heterocycles. The maximum Gasteiger partial charge on any atom is 0.264 e. The lowest BCUT2D eigenvalue weighted by Crippen LogP contribution is -2.41. The summed E-state index contributed by atoms with van der Waals surface area (Å²) in [7, 11) is -2.36. The van der Waals surface area contributed by atoms with Crippen molar-refractivity contribution >= 4 is 44.8 Å². The number of morpholine rings is 1. The number of sulfonamides is 1. The number of anilines is 2. The van der Waals surface area contributed by atoms with Crippen molar-refractivity contribution in [2.75, 3.05) is 43.0 Å². The van der Waals surface area contributed by atoms with Crippen LogP contribution in [-0.2, 0) is 14.8 Å². The van der Waals surface area contributed by atoms with Crippen LogP contribution in [0.2, 0.25) is 5.02 Å². The highest BCUT2D eigenvalue weighted by molar-refractivity contribution is 7.92. The average Bonchev–Trinajstić information content (AvgIpc) is 2.89. The van der Waals surface area contributed by atoms with Crippen molar-refractivity contribution in [2.45, 2.75) is 4.90 Å². The number of carbonyl (C=O) groups is 2. The Balaban J connectivity index is 1.49. The van der Waals surface area contributed by atoms with Gasteiger partial charge >= 0.3 is 0 Å². The summed E-state index contributed by atoms with van der Waals surface area (Å²) in [5.74, 6) is -0.587. The Labute approximate surface area is 209 Å². The van der Waals surface area contributed by atoms with Crippen LogP contribution in [0.5, 0.6) is 0 Å². The Kier molecular flexibility index (Phi) is 7.39. The molecule has 0 spiro atoms. The molecule has 3 aromatic rings. The summed E-state index contributed by atoms with van der Waals surface area (Å²) in [5, 5.41) is 3.23. The second-order valence-corrected chi connectivity index (χ2v) is 10.3. The van der Waals surface area contributed by atoms with E-state index >= 15 is 0 Å². The van der Waals surface area contributed by atoms with Crippen molar-refractivity contribution < 1.29 is 22.7 Å². The summed E-state index contributed by atoms with van der Waals surface area (Å²) in [4.78, 5) is 27.6. The Hall–Kier alpha value is -3.40. The first kappa shape index (κ1) is 24.7. The fourth-order valence-electron chi connectivity index (χ4n) is 3.64. The lowest BCUT2D eigenvalue weighted by molar-refractivity contribution is 0.0303. The van der Waals surface area contributed by atoms with E-state index in [4.69, 9.17) is 16.3 Å². The van der Waals surface area contributed by atoms with Gasteiger partial charge in [-0.15, -0.1) is 0 Å². The summed E-state index contributed by atoms with van der Waals surface area (Å²) in [6, 6.07) is 18.9. The number of carbonyl (C=O) groups excluding carboxylic acids is 2. The van der Waals surface area contributed by atoms with E-state index in [-0.39, 0.29) is 10.8 Å². The highest BCUT2D eigenvalue weighted by atomic mass is 35.5.